The molecule has 0 bridgehead atoms. The summed E-state index contributed by atoms with van der Waals surface area (Å²) in [6.07, 6.45) is 1.81. The summed E-state index contributed by atoms with van der Waals surface area (Å²) in [6.45, 7) is 6.40. The molecule has 1 aromatic carbocycles. The van der Waals surface area contributed by atoms with Crippen molar-refractivity contribution in [3.8, 4) is 0 Å². The number of rotatable bonds is 4. The summed E-state index contributed by atoms with van der Waals surface area (Å²) in [6, 6.07) is 9.37. The highest BCUT2D eigenvalue weighted by Crippen LogP contribution is 2.16. The third-order valence-corrected chi connectivity index (χ3v) is 4.60. The van der Waals surface area contributed by atoms with Gasteiger partial charge in [-0.15, -0.1) is 0 Å². The Morgan fingerprint density at radius 1 is 1.20 bits per heavy atom. The second-order valence-corrected chi connectivity index (χ2v) is 6.57. The molecule has 0 unspecified atom stereocenters. The van der Waals surface area contributed by atoms with Crippen LogP contribution in [-0.4, -0.2) is 49.0 Å². The van der Waals surface area contributed by atoms with Gasteiger partial charge in [-0.3, -0.25) is 4.79 Å². The van der Waals surface area contributed by atoms with E-state index in [1.165, 1.54) is 0 Å². The lowest BCUT2D eigenvalue weighted by molar-refractivity contribution is 0.0950. The normalized spacial score (nSPS) is 15.2. The van der Waals surface area contributed by atoms with E-state index >= 15 is 0 Å². The van der Waals surface area contributed by atoms with Crippen molar-refractivity contribution in [1.29, 1.82) is 0 Å². The number of aromatic nitrogens is 1. The lowest BCUT2D eigenvalue weighted by Gasteiger charge is -2.33. The molecule has 132 valence electrons. The Hall–Kier alpha value is -2.60. The number of nitrogen functional groups attached to an aromatic ring is 1. The van der Waals surface area contributed by atoms with Crippen molar-refractivity contribution in [3.05, 3.63) is 53.2 Å². The number of piperazine rings is 1. The fourth-order valence-electron chi connectivity index (χ4n) is 2.94. The molecule has 1 saturated heterocycles. The average Bonchev–Trinajstić information content (AvgIpc) is 2.62. The van der Waals surface area contributed by atoms with Crippen LogP contribution < -0.4 is 16.0 Å². The predicted octanol–water partition coefficient (Wildman–Crippen LogP) is 1.65. The van der Waals surface area contributed by atoms with Crippen LogP contribution in [0.3, 0.4) is 0 Å². The van der Waals surface area contributed by atoms with E-state index in [-0.39, 0.29) is 5.91 Å². The number of hydrogen-bond donors (Lipinski definition) is 2. The first kappa shape index (κ1) is 17.2. The van der Waals surface area contributed by atoms with Crippen LogP contribution in [0, 0.1) is 6.92 Å². The van der Waals surface area contributed by atoms with E-state index in [2.05, 4.69) is 33.2 Å². The number of hydrogen-bond acceptors (Lipinski definition) is 5. The van der Waals surface area contributed by atoms with Crippen LogP contribution in [0.1, 0.15) is 21.5 Å². The summed E-state index contributed by atoms with van der Waals surface area (Å²) in [5.41, 5.74) is 8.96. The summed E-state index contributed by atoms with van der Waals surface area (Å²) in [4.78, 5) is 21.5. The number of nitrogens with one attached hydrogen (secondary N) is 1. The Labute approximate surface area is 148 Å². The van der Waals surface area contributed by atoms with Crippen LogP contribution in [0.5, 0.6) is 0 Å². The van der Waals surface area contributed by atoms with Gasteiger partial charge in [-0.2, -0.15) is 0 Å². The molecule has 6 heteroatoms. The molecule has 6 nitrogen and oxygen atoms in total. The van der Waals surface area contributed by atoms with Crippen LogP contribution in [0.15, 0.2) is 36.5 Å². The molecular weight excluding hydrogens is 314 g/mol. The van der Waals surface area contributed by atoms with E-state index in [0.29, 0.717) is 17.8 Å². The van der Waals surface area contributed by atoms with Gasteiger partial charge < -0.3 is 20.9 Å². The van der Waals surface area contributed by atoms with E-state index < -0.39 is 0 Å². The Morgan fingerprint density at radius 2 is 1.96 bits per heavy atom. The average molecular weight is 339 g/mol. The molecule has 0 saturated carbocycles. The monoisotopic (exact) mass is 339 g/mol. The van der Waals surface area contributed by atoms with Crippen molar-refractivity contribution in [3.63, 3.8) is 0 Å². The molecule has 0 aliphatic carbocycles. The largest absolute Gasteiger partial charge is 0.399 e. The molecule has 1 amide bonds. The number of anilines is 2. The van der Waals surface area contributed by atoms with Gasteiger partial charge in [0.2, 0.25) is 0 Å². The quantitative estimate of drug-likeness (QED) is 0.829. The minimum atomic E-state index is -0.109. The molecule has 1 aliphatic heterocycles. The van der Waals surface area contributed by atoms with E-state index in [1.807, 2.05) is 19.1 Å². The lowest BCUT2D eigenvalue weighted by Crippen LogP contribution is -2.44. The van der Waals surface area contributed by atoms with Crippen molar-refractivity contribution in [1.82, 2.24) is 15.2 Å². The number of carbonyl (C=O) groups is 1. The number of aryl methyl sites for hydroxylation is 1. The van der Waals surface area contributed by atoms with Crippen molar-refractivity contribution in [2.24, 2.45) is 0 Å². The third kappa shape index (κ3) is 4.28. The molecule has 2 heterocycles. The van der Waals surface area contributed by atoms with Crippen molar-refractivity contribution >= 4 is 17.4 Å². The number of amides is 1. The Morgan fingerprint density at radius 3 is 2.72 bits per heavy atom. The Kier molecular flexibility index (Phi) is 5.19. The molecule has 1 fully saturated rings. The van der Waals surface area contributed by atoms with Crippen LogP contribution in [0.2, 0.25) is 0 Å². The zero-order valence-electron chi connectivity index (χ0n) is 14.8. The maximum atomic E-state index is 12.4. The number of carbonyl (C=O) groups excluding carboxylic acids is 1. The molecule has 3 rings (SSSR count). The molecule has 0 atom stereocenters. The highest BCUT2D eigenvalue weighted by atomic mass is 16.1. The fourth-order valence-corrected chi connectivity index (χ4v) is 2.94. The van der Waals surface area contributed by atoms with Crippen LogP contribution >= 0.6 is 0 Å². The molecular formula is C19H25N5O. The van der Waals surface area contributed by atoms with E-state index in [4.69, 9.17) is 5.73 Å². The van der Waals surface area contributed by atoms with E-state index in [9.17, 15) is 4.79 Å². The van der Waals surface area contributed by atoms with Gasteiger partial charge in [-0.25, -0.2) is 4.98 Å². The summed E-state index contributed by atoms with van der Waals surface area (Å²) in [5.74, 6) is 0.864. The first-order valence-electron chi connectivity index (χ1n) is 8.55. The van der Waals surface area contributed by atoms with E-state index in [0.717, 1.165) is 43.1 Å². The fraction of sp³-hybridized carbons (Fsp3) is 0.368. The van der Waals surface area contributed by atoms with Crippen molar-refractivity contribution in [2.45, 2.75) is 13.5 Å². The summed E-state index contributed by atoms with van der Waals surface area (Å²) >= 11 is 0. The van der Waals surface area contributed by atoms with Gasteiger partial charge in [-0.1, -0.05) is 6.07 Å². The highest BCUT2D eigenvalue weighted by molar-refractivity contribution is 5.96. The van der Waals surface area contributed by atoms with Crippen molar-refractivity contribution in [2.75, 3.05) is 43.9 Å². The Bertz CT molecular complexity index is 753. The zero-order chi connectivity index (χ0) is 17.8. The first-order valence-corrected chi connectivity index (χ1v) is 8.55. The van der Waals surface area contributed by atoms with Crippen LogP contribution in [-0.2, 0) is 6.54 Å². The lowest BCUT2D eigenvalue weighted by atomic mass is 10.1. The number of likely N-dealkylation sites (N-methyl/N-ethyl adjacent to an activating group) is 1. The molecule has 2 aromatic rings. The van der Waals surface area contributed by atoms with Gasteiger partial charge in [0.1, 0.15) is 5.82 Å². The molecule has 0 spiro atoms. The second kappa shape index (κ2) is 7.53. The standard InChI is InChI=1S/C19H25N5O/c1-14-3-4-16(20)12-17(14)19(25)22-13-15-5-6-21-18(11-15)24-9-7-23(2)8-10-24/h3-6,11-12H,7-10,13,20H2,1-2H3,(H,22,25). The highest BCUT2D eigenvalue weighted by Gasteiger charge is 2.15. The van der Waals surface area contributed by atoms with Gasteiger partial charge in [0.15, 0.2) is 0 Å². The second-order valence-electron chi connectivity index (χ2n) is 6.57. The number of nitrogens with two attached hydrogens (primary N) is 1. The molecule has 25 heavy (non-hydrogen) atoms. The smallest absolute Gasteiger partial charge is 0.251 e. The van der Waals surface area contributed by atoms with E-state index in [1.54, 1.807) is 18.3 Å². The van der Waals surface area contributed by atoms with Crippen molar-refractivity contribution < 1.29 is 4.79 Å². The van der Waals surface area contributed by atoms with Gasteiger partial charge in [-0.05, 0) is 49.4 Å². The third-order valence-electron chi connectivity index (χ3n) is 4.60. The number of benzene rings is 1. The maximum absolute atomic E-state index is 12.4. The number of nitrogens with zero attached hydrogens (tertiary/aromatic N) is 3. The first-order chi connectivity index (χ1) is 12.0. The number of pyridine rings is 1. The summed E-state index contributed by atoms with van der Waals surface area (Å²) in [5, 5.41) is 2.97. The van der Waals surface area contributed by atoms with Crippen LogP contribution in [0.4, 0.5) is 11.5 Å². The van der Waals surface area contributed by atoms with Gasteiger partial charge in [0.25, 0.3) is 5.91 Å². The van der Waals surface area contributed by atoms with Gasteiger partial charge >= 0.3 is 0 Å². The van der Waals surface area contributed by atoms with Gasteiger partial charge in [0.05, 0.1) is 0 Å². The molecule has 1 aromatic heterocycles. The maximum Gasteiger partial charge on any atom is 0.251 e. The Balaban J connectivity index is 1.64. The molecule has 3 N–H and O–H groups in total. The summed E-state index contributed by atoms with van der Waals surface area (Å²) < 4.78 is 0. The predicted molar refractivity (Wildman–Crippen MR) is 101 cm³/mol. The topological polar surface area (TPSA) is 74.5 Å². The molecule has 1 aliphatic rings. The molecule has 0 radical (unpaired) electrons. The SMILES string of the molecule is Cc1ccc(N)cc1C(=O)NCc1ccnc(N2CCN(C)CC2)c1. The minimum Gasteiger partial charge on any atom is -0.399 e. The van der Waals surface area contributed by atoms with Crippen LogP contribution in [0.25, 0.3) is 0 Å². The van der Waals surface area contributed by atoms with Gasteiger partial charge in [0, 0.05) is 50.2 Å². The minimum absolute atomic E-state index is 0.109. The summed E-state index contributed by atoms with van der Waals surface area (Å²) in [7, 11) is 2.13. The zero-order valence-corrected chi connectivity index (χ0v) is 14.8.